The van der Waals surface area contributed by atoms with Gasteiger partial charge in [0, 0.05) is 16.5 Å². The van der Waals surface area contributed by atoms with Gasteiger partial charge < -0.3 is 0 Å². The molecule has 0 N–H and O–H groups in total. The summed E-state index contributed by atoms with van der Waals surface area (Å²) in [5, 5.41) is 0.747. The van der Waals surface area contributed by atoms with E-state index in [1.165, 1.54) is 6.07 Å². The van der Waals surface area contributed by atoms with Gasteiger partial charge in [0.25, 0.3) is 17.1 Å². The second-order valence-electron chi connectivity index (χ2n) is 5.45. The predicted molar refractivity (Wildman–Crippen MR) is 91.7 cm³/mol. The summed E-state index contributed by atoms with van der Waals surface area (Å²) in [6, 6.07) is 16.9. The zero-order valence-corrected chi connectivity index (χ0v) is 13.1. The summed E-state index contributed by atoms with van der Waals surface area (Å²) in [5.74, 6) is -0.927. The minimum atomic E-state index is -0.719. The number of benzene rings is 3. The summed E-state index contributed by atoms with van der Waals surface area (Å²) in [6.07, 6.45) is 0. The van der Waals surface area contributed by atoms with Crippen molar-refractivity contribution in [3.05, 3.63) is 77.4 Å². The molecule has 0 bridgehead atoms. The maximum Gasteiger partial charge on any atom is 0.266 e. The molecule has 116 valence electrons. The number of hydrogen-bond acceptors (Lipinski definition) is 3. The van der Waals surface area contributed by atoms with E-state index in [-0.39, 0.29) is 11.3 Å². The molecule has 5 heteroatoms. The second kappa shape index (κ2) is 5.28. The van der Waals surface area contributed by atoms with Gasteiger partial charge in [0.05, 0.1) is 11.3 Å². The molecule has 2 amide bonds. The first kappa shape index (κ1) is 14.6. The van der Waals surface area contributed by atoms with Crippen molar-refractivity contribution < 1.29 is 14.4 Å². The Kier molecular flexibility index (Phi) is 3.22. The molecule has 0 atom stereocenters. The van der Waals surface area contributed by atoms with Crippen LogP contribution >= 0.6 is 11.6 Å². The van der Waals surface area contributed by atoms with Crippen LogP contribution in [0.4, 0.5) is 5.69 Å². The zero-order chi connectivity index (χ0) is 16.8. The molecular formula is C19H10ClNO3. The lowest BCUT2D eigenvalue weighted by atomic mass is 9.93. The number of halogens is 1. The van der Waals surface area contributed by atoms with Crippen LogP contribution in [-0.4, -0.2) is 17.1 Å². The molecule has 1 aliphatic heterocycles. The molecule has 0 saturated carbocycles. The Balaban J connectivity index is 2.00. The number of imide groups is 1. The highest BCUT2D eigenvalue weighted by molar-refractivity contribution is 6.68. The van der Waals surface area contributed by atoms with Crippen molar-refractivity contribution in [1.82, 2.24) is 0 Å². The summed E-state index contributed by atoms with van der Waals surface area (Å²) in [5.41, 5.74) is 1.17. The largest absolute Gasteiger partial charge is 0.276 e. The Morgan fingerprint density at radius 3 is 1.96 bits per heavy atom. The smallest absolute Gasteiger partial charge is 0.266 e. The molecule has 1 heterocycles. The van der Waals surface area contributed by atoms with Gasteiger partial charge in [-0.2, -0.15) is 0 Å². The lowest BCUT2D eigenvalue weighted by Gasteiger charge is -2.28. The predicted octanol–water partition coefficient (Wildman–Crippen LogP) is 4.02. The molecule has 0 aliphatic carbocycles. The summed E-state index contributed by atoms with van der Waals surface area (Å²) < 4.78 is 0. The Morgan fingerprint density at radius 1 is 0.792 bits per heavy atom. The summed E-state index contributed by atoms with van der Waals surface area (Å²) >= 11 is 5.62. The third-order valence-electron chi connectivity index (χ3n) is 4.13. The number of nitrogens with zero attached hydrogens (tertiary/aromatic N) is 1. The van der Waals surface area contributed by atoms with Crippen LogP contribution in [-0.2, 0) is 0 Å². The van der Waals surface area contributed by atoms with Crippen molar-refractivity contribution in [3.63, 3.8) is 0 Å². The van der Waals surface area contributed by atoms with E-state index in [9.17, 15) is 14.4 Å². The number of hydrogen-bond donors (Lipinski definition) is 0. The summed E-state index contributed by atoms with van der Waals surface area (Å²) in [6.45, 7) is 0. The summed E-state index contributed by atoms with van der Waals surface area (Å²) in [7, 11) is 0. The molecule has 4 rings (SSSR count). The Morgan fingerprint density at radius 2 is 1.38 bits per heavy atom. The number of anilines is 1. The van der Waals surface area contributed by atoms with Crippen LogP contribution in [0.2, 0.25) is 0 Å². The first-order valence-corrected chi connectivity index (χ1v) is 7.67. The Labute approximate surface area is 142 Å². The average Bonchev–Trinajstić information content (AvgIpc) is 2.60. The maximum atomic E-state index is 12.9. The summed E-state index contributed by atoms with van der Waals surface area (Å²) in [4.78, 5) is 38.6. The SMILES string of the molecule is O=C(Cl)c1ccccc1N1C(=O)c2cccc3cccc(c23)C1=O. The van der Waals surface area contributed by atoms with Crippen molar-refractivity contribution >= 4 is 45.1 Å². The van der Waals surface area contributed by atoms with E-state index in [0.29, 0.717) is 16.5 Å². The Bertz CT molecular complexity index is 991. The van der Waals surface area contributed by atoms with Crippen molar-refractivity contribution in [1.29, 1.82) is 0 Å². The van der Waals surface area contributed by atoms with E-state index >= 15 is 0 Å². The van der Waals surface area contributed by atoms with Gasteiger partial charge in [-0.05, 0) is 41.3 Å². The topological polar surface area (TPSA) is 54.5 Å². The molecule has 1 aliphatic rings. The number of amides is 2. The van der Waals surface area contributed by atoms with Crippen molar-refractivity contribution in [2.75, 3.05) is 4.90 Å². The van der Waals surface area contributed by atoms with E-state index in [0.717, 1.165) is 10.3 Å². The van der Waals surface area contributed by atoms with Gasteiger partial charge in [0.2, 0.25) is 0 Å². The molecule has 4 nitrogen and oxygen atoms in total. The van der Waals surface area contributed by atoms with Crippen LogP contribution in [0.3, 0.4) is 0 Å². The van der Waals surface area contributed by atoms with Crippen LogP contribution in [0, 0.1) is 0 Å². The van der Waals surface area contributed by atoms with Gasteiger partial charge in [-0.3, -0.25) is 14.4 Å². The highest BCUT2D eigenvalue weighted by Gasteiger charge is 2.35. The number of para-hydroxylation sites is 1. The molecule has 0 saturated heterocycles. The van der Waals surface area contributed by atoms with E-state index < -0.39 is 17.1 Å². The van der Waals surface area contributed by atoms with E-state index in [1.54, 1.807) is 42.5 Å². The van der Waals surface area contributed by atoms with Gasteiger partial charge in [-0.25, -0.2) is 4.90 Å². The van der Waals surface area contributed by atoms with Gasteiger partial charge >= 0.3 is 0 Å². The van der Waals surface area contributed by atoms with E-state index in [1.807, 2.05) is 12.1 Å². The standard InChI is InChI=1S/C19H10ClNO3/c20-17(22)12-7-1-2-10-15(12)21-18(23)13-8-3-5-11-6-4-9-14(16(11)13)19(21)24/h1-10H. The fraction of sp³-hybridized carbons (Fsp3) is 0. The monoisotopic (exact) mass is 335 g/mol. The first-order chi connectivity index (χ1) is 11.6. The molecule has 0 fully saturated rings. The molecule has 0 aromatic heterocycles. The normalized spacial score (nSPS) is 13.5. The number of rotatable bonds is 2. The molecule has 0 unspecified atom stereocenters. The fourth-order valence-corrected chi connectivity index (χ4v) is 3.24. The van der Waals surface area contributed by atoms with Crippen LogP contribution in [0.25, 0.3) is 10.8 Å². The molecule has 0 radical (unpaired) electrons. The van der Waals surface area contributed by atoms with Crippen molar-refractivity contribution in [3.8, 4) is 0 Å². The van der Waals surface area contributed by atoms with E-state index in [4.69, 9.17) is 11.6 Å². The van der Waals surface area contributed by atoms with Gasteiger partial charge in [-0.1, -0.05) is 36.4 Å². The molecular weight excluding hydrogens is 326 g/mol. The second-order valence-corrected chi connectivity index (χ2v) is 5.79. The van der Waals surface area contributed by atoms with Crippen LogP contribution in [0.5, 0.6) is 0 Å². The third-order valence-corrected chi connectivity index (χ3v) is 4.33. The van der Waals surface area contributed by atoms with Gasteiger partial charge in [0.1, 0.15) is 0 Å². The lowest BCUT2D eigenvalue weighted by Crippen LogP contribution is -2.41. The third kappa shape index (κ3) is 1.97. The minimum absolute atomic E-state index is 0.118. The van der Waals surface area contributed by atoms with E-state index in [2.05, 4.69) is 0 Å². The minimum Gasteiger partial charge on any atom is -0.276 e. The van der Waals surface area contributed by atoms with Crippen LogP contribution in [0.15, 0.2) is 60.7 Å². The van der Waals surface area contributed by atoms with Crippen molar-refractivity contribution in [2.45, 2.75) is 0 Å². The zero-order valence-electron chi connectivity index (χ0n) is 12.3. The van der Waals surface area contributed by atoms with Crippen molar-refractivity contribution in [2.24, 2.45) is 0 Å². The quantitative estimate of drug-likeness (QED) is 0.525. The fourth-order valence-electron chi connectivity index (χ4n) is 3.08. The highest BCUT2D eigenvalue weighted by atomic mass is 35.5. The maximum absolute atomic E-state index is 12.9. The van der Waals surface area contributed by atoms with Gasteiger partial charge in [-0.15, -0.1) is 0 Å². The lowest BCUT2D eigenvalue weighted by molar-refractivity contribution is 0.0893. The Hall–Kier alpha value is -2.98. The molecule has 3 aromatic carbocycles. The van der Waals surface area contributed by atoms with Gasteiger partial charge in [0.15, 0.2) is 0 Å². The number of carbonyl (C=O) groups excluding carboxylic acids is 3. The molecule has 3 aromatic rings. The molecule has 0 spiro atoms. The van der Waals surface area contributed by atoms with Crippen LogP contribution < -0.4 is 4.90 Å². The van der Waals surface area contributed by atoms with Crippen LogP contribution in [0.1, 0.15) is 31.1 Å². The highest BCUT2D eigenvalue weighted by Crippen LogP contribution is 2.34. The number of carbonyl (C=O) groups is 3. The molecule has 24 heavy (non-hydrogen) atoms. The first-order valence-electron chi connectivity index (χ1n) is 7.29. The average molecular weight is 336 g/mol.